The summed E-state index contributed by atoms with van der Waals surface area (Å²) >= 11 is 0. The number of allylic oxidation sites excluding steroid dienone is 4. The lowest BCUT2D eigenvalue weighted by Gasteiger charge is -2.65. The molecule has 208 valence electrons. The van der Waals surface area contributed by atoms with Crippen LogP contribution in [0.25, 0.3) is 0 Å². The maximum atomic E-state index is 14.2. The van der Waals surface area contributed by atoms with Gasteiger partial charge in [0.25, 0.3) is 0 Å². The lowest BCUT2D eigenvalue weighted by molar-refractivity contribution is -0.199. The smallest absolute Gasteiger partial charge is 0.331 e. The van der Waals surface area contributed by atoms with E-state index in [1.54, 1.807) is 13.0 Å². The van der Waals surface area contributed by atoms with E-state index in [0.717, 1.165) is 5.57 Å². The van der Waals surface area contributed by atoms with Crippen LogP contribution < -0.4 is 0 Å². The molecule has 7 nitrogen and oxygen atoms in total. The predicted octanol–water partition coefficient (Wildman–Crippen LogP) is 4.83. The van der Waals surface area contributed by atoms with Gasteiger partial charge in [-0.3, -0.25) is 14.4 Å². The fourth-order valence-corrected chi connectivity index (χ4v) is 8.92. The number of esters is 1. The molecule has 4 aliphatic rings. The maximum absolute atomic E-state index is 14.2. The summed E-state index contributed by atoms with van der Waals surface area (Å²) in [5.41, 5.74) is -0.352. The van der Waals surface area contributed by atoms with E-state index < -0.39 is 52.2 Å². The number of rotatable bonds is 5. The standard InChI is InChI=1S/C31H42O7/c1-16(2)9-8-10-19(28(36)37)24-20-11-12-23-29(5)14-13-21(33)17(3)25(29)26(34)27(35)31(23,7)30(20,6)15-22(24)38-18(4)32/h9,13-14,17,20,22-23,25-26,34H,8,10-12,15H2,1-7H3,(H,36,37). The molecule has 4 aliphatic carbocycles. The highest BCUT2D eigenvalue weighted by Gasteiger charge is 2.73. The molecule has 38 heavy (non-hydrogen) atoms. The second-order valence-electron chi connectivity index (χ2n) is 12.9. The van der Waals surface area contributed by atoms with Crippen LogP contribution in [0.4, 0.5) is 0 Å². The number of aliphatic hydroxyl groups excluding tert-OH is 1. The zero-order chi connectivity index (χ0) is 28.4. The van der Waals surface area contributed by atoms with Crippen molar-refractivity contribution in [1.29, 1.82) is 0 Å². The zero-order valence-corrected chi connectivity index (χ0v) is 23.7. The summed E-state index contributed by atoms with van der Waals surface area (Å²) in [5, 5.41) is 21.8. The summed E-state index contributed by atoms with van der Waals surface area (Å²) in [4.78, 5) is 51.6. The van der Waals surface area contributed by atoms with E-state index in [1.165, 1.54) is 6.92 Å². The van der Waals surface area contributed by atoms with Crippen molar-refractivity contribution in [3.63, 3.8) is 0 Å². The Morgan fingerprint density at radius 1 is 1.13 bits per heavy atom. The lowest BCUT2D eigenvalue weighted by Crippen LogP contribution is -2.69. The molecule has 0 heterocycles. The molecule has 0 radical (unpaired) electrons. The van der Waals surface area contributed by atoms with Crippen LogP contribution in [-0.4, -0.2) is 45.9 Å². The first-order chi connectivity index (χ1) is 17.6. The number of carboxylic acid groups (broad SMARTS) is 1. The third-order valence-electron chi connectivity index (χ3n) is 10.8. The molecule has 4 rings (SSSR count). The maximum Gasteiger partial charge on any atom is 0.331 e. The molecule has 0 aliphatic heterocycles. The third-order valence-corrected chi connectivity index (χ3v) is 10.8. The van der Waals surface area contributed by atoms with Gasteiger partial charge in [0.1, 0.15) is 12.2 Å². The largest absolute Gasteiger partial charge is 0.478 e. The van der Waals surface area contributed by atoms with Crippen molar-refractivity contribution < 1.29 is 34.1 Å². The summed E-state index contributed by atoms with van der Waals surface area (Å²) in [6.45, 7) is 13.0. The van der Waals surface area contributed by atoms with Crippen molar-refractivity contribution in [3.8, 4) is 0 Å². The summed E-state index contributed by atoms with van der Waals surface area (Å²) in [6, 6.07) is 0. The van der Waals surface area contributed by atoms with Crippen LogP contribution in [0.15, 0.2) is 34.9 Å². The molecular weight excluding hydrogens is 484 g/mol. The van der Waals surface area contributed by atoms with Gasteiger partial charge in [-0.15, -0.1) is 0 Å². The van der Waals surface area contributed by atoms with Crippen molar-refractivity contribution >= 4 is 23.5 Å². The third kappa shape index (κ3) is 3.95. The van der Waals surface area contributed by atoms with Crippen LogP contribution in [0.5, 0.6) is 0 Å². The number of fused-ring (bicyclic) bond motifs is 5. The van der Waals surface area contributed by atoms with E-state index in [-0.39, 0.29) is 29.0 Å². The van der Waals surface area contributed by atoms with Crippen LogP contribution in [0.2, 0.25) is 0 Å². The van der Waals surface area contributed by atoms with Gasteiger partial charge in [-0.25, -0.2) is 4.79 Å². The number of Topliss-reactive ketones (excluding diaryl/α,β-unsaturated/α-hetero) is 1. The Kier molecular flexibility index (Phi) is 7.18. The Morgan fingerprint density at radius 3 is 2.37 bits per heavy atom. The molecular formula is C31H42O7. The highest BCUT2D eigenvalue weighted by molar-refractivity contribution is 5.97. The Morgan fingerprint density at radius 2 is 1.79 bits per heavy atom. The molecule has 3 saturated carbocycles. The minimum absolute atomic E-state index is 0.0775. The second-order valence-corrected chi connectivity index (χ2v) is 12.9. The SMILES string of the molecule is CC(=O)OC1CC2(C)C(CCC3C4(C)C=CC(=O)C(C)C4C(O)C(=O)C32C)C1=C(CCC=C(C)C)C(=O)O. The molecule has 0 aromatic carbocycles. The van der Waals surface area contributed by atoms with E-state index in [1.807, 2.05) is 39.8 Å². The summed E-state index contributed by atoms with van der Waals surface area (Å²) in [6.07, 6.45) is 5.91. The number of hydrogen-bond donors (Lipinski definition) is 2. The number of ketones is 2. The Bertz CT molecular complexity index is 1160. The fourth-order valence-electron chi connectivity index (χ4n) is 8.92. The average molecular weight is 527 g/mol. The van der Waals surface area contributed by atoms with Crippen molar-refractivity contribution in [1.82, 2.24) is 0 Å². The molecule has 7 heteroatoms. The van der Waals surface area contributed by atoms with Crippen molar-refractivity contribution in [2.24, 2.45) is 39.9 Å². The Labute approximate surface area is 225 Å². The van der Waals surface area contributed by atoms with Crippen molar-refractivity contribution in [2.75, 3.05) is 0 Å². The molecule has 9 unspecified atom stereocenters. The highest BCUT2D eigenvalue weighted by Crippen LogP contribution is 2.72. The van der Waals surface area contributed by atoms with E-state index in [0.29, 0.717) is 37.7 Å². The van der Waals surface area contributed by atoms with Gasteiger partial charge in [0.15, 0.2) is 11.6 Å². The first-order valence-corrected chi connectivity index (χ1v) is 13.8. The van der Waals surface area contributed by atoms with Gasteiger partial charge in [-0.1, -0.05) is 45.4 Å². The molecule has 0 amide bonds. The van der Waals surface area contributed by atoms with Crippen LogP contribution in [0.3, 0.4) is 0 Å². The van der Waals surface area contributed by atoms with Crippen molar-refractivity contribution in [2.45, 2.75) is 92.8 Å². The van der Waals surface area contributed by atoms with Gasteiger partial charge >= 0.3 is 11.9 Å². The quantitative estimate of drug-likeness (QED) is 0.299. The van der Waals surface area contributed by atoms with Gasteiger partial charge in [-0.2, -0.15) is 0 Å². The monoisotopic (exact) mass is 526 g/mol. The van der Waals surface area contributed by atoms with Crippen LogP contribution in [-0.2, 0) is 23.9 Å². The second kappa shape index (κ2) is 9.58. The molecule has 0 bridgehead atoms. The van der Waals surface area contributed by atoms with Crippen LogP contribution in [0.1, 0.15) is 80.6 Å². The van der Waals surface area contributed by atoms with Crippen LogP contribution in [0, 0.1) is 39.9 Å². The van der Waals surface area contributed by atoms with E-state index in [9.17, 15) is 29.4 Å². The topological polar surface area (TPSA) is 118 Å². The molecule has 0 spiro atoms. The van der Waals surface area contributed by atoms with Gasteiger partial charge in [0, 0.05) is 29.7 Å². The molecule has 0 aromatic rings. The van der Waals surface area contributed by atoms with Gasteiger partial charge < -0.3 is 14.9 Å². The highest BCUT2D eigenvalue weighted by atomic mass is 16.5. The molecule has 9 atom stereocenters. The number of hydrogen-bond acceptors (Lipinski definition) is 6. The van der Waals surface area contributed by atoms with Crippen molar-refractivity contribution in [3.05, 3.63) is 34.9 Å². The number of carbonyl (C=O) groups excluding carboxylic acids is 3. The minimum Gasteiger partial charge on any atom is -0.478 e. The number of aliphatic hydroxyl groups is 1. The first-order valence-electron chi connectivity index (χ1n) is 13.8. The van der Waals surface area contributed by atoms with E-state index >= 15 is 0 Å². The molecule has 3 fully saturated rings. The molecule has 0 saturated heterocycles. The molecule has 0 aromatic heterocycles. The number of carbonyl (C=O) groups is 4. The zero-order valence-electron chi connectivity index (χ0n) is 23.7. The average Bonchev–Trinajstić information content (AvgIpc) is 3.09. The number of aliphatic carboxylic acids is 1. The lowest BCUT2D eigenvalue weighted by atomic mass is 9.37. The summed E-state index contributed by atoms with van der Waals surface area (Å²) < 4.78 is 5.78. The normalized spacial score (nSPS) is 43.1. The summed E-state index contributed by atoms with van der Waals surface area (Å²) in [7, 11) is 0. The van der Waals surface area contributed by atoms with E-state index in [4.69, 9.17) is 4.74 Å². The van der Waals surface area contributed by atoms with E-state index in [2.05, 4.69) is 6.92 Å². The van der Waals surface area contributed by atoms with Gasteiger partial charge in [-0.05, 0) is 80.3 Å². The minimum atomic E-state index is -1.31. The summed E-state index contributed by atoms with van der Waals surface area (Å²) in [5.74, 6) is -3.29. The predicted molar refractivity (Wildman–Crippen MR) is 142 cm³/mol. The fraction of sp³-hybridized carbons (Fsp3) is 0.677. The first kappa shape index (κ1) is 28.5. The van der Waals surface area contributed by atoms with Crippen LogP contribution >= 0.6 is 0 Å². The van der Waals surface area contributed by atoms with Gasteiger partial charge in [0.05, 0.1) is 0 Å². The van der Waals surface area contributed by atoms with Gasteiger partial charge in [0.2, 0.25) is 0 Å². The Balaban J connectivity index is 1.89. The number of carboxylic acids is 1. The number of ether oxygens (including phenoxy) is 1. The Hall–Kier alpha value is -2.54. The molecule has 2 N–H and O–H groups in total.